The number of benzene rings is 1. The smallest absolute Gasteiger partial charge is 0.142 e. The third-order valence-corrected chi connectivity index (χ3v) is 3.63. The van der Waals surface area contributed by atoms with Crippen LogP contribution in [0.25, 0.3) is 0 Å². The molecule has 0 amide bonds. The molecule has 0 saturated carbocycles. The first kappa shape index (κ1) is 14.2. The first-order valence-corrected chi connectivity index (χ1v) is 6.90. The van der Waals surface area contributed by atoms with Crippen LogP contribution in [0.5, 0.6) is 5.75 Å². The Labute approximate surface area is 116 Å². The molecular formula is C15H25N3O. The van der Waals surface area contributed by atoms with E-state index in [0.29, 0.717) is 12.1 Å². The topological polar surface area (TPSA) is 27.7 Å². The first-order chi connectivity index (χ1) is 9.13. The Balaban J connectivity index is 2.30. The molecule has 2 unspecified atom stereocenters. The number of ether oxygens (including phenoxy) is 1. The molecular weight excluding hydrogens is 238 g/mol. The highest BCUT2D eigenvalue weighted by atomic mass is 16.5. The number of anilines is 1. The van der Waals surface area contributed by atoms with Crippen LogP contribution >= 0.6 is 0 Å². The fourth-order valence-electron chi connectivity index (χ4n) is 2.87. The summed E-state index contributed by atoms with van der Waals surface area (Å²) in [6.45, 7) is 5.33. The van der Waals surface area contributed by atoms with Crippen molar-refractivity contribution in [2.24, 2.45) is 0 Å². The number of piperazine rings is 1. The van der Waals surface area contributed by atoms with Gasteiger partial charge in [0.1, 0.15) is 5.75 Å². The number of nitrogens with one attached hydrogen (secondary N) is 1. The van der Waals surface area contributed by atoms with E-state index in [1.54, 1.807) is 7.11 Å². The third-order valence-electron chi connectivity index (χ3n) is 3.63. The van der Waals surface area contributed by atoms with Gasteiger partial charge in [-0.15, -0.1) is 0 Å². The predicted molar refractivity (Wildman–Crippen MR) is 80.1 cm³/mol. The van der Waals surface area contributed by atoms with Crippen LogP contribution in [0.1, 0.15) is 6.92 Å². The standard InChI is InChI=1S/C15H25N3O/c1-12-9-16-10-13(11-17(2)3)18(12)14-7-5-6-8-15(14)19-4/h5-8,12-13,16H,9-11H2,1-4H3. The van der Waals surface area contributed by atoms with E-state index in [4.69, 9.17) is 4.74 Å². The zero-order chi connectivity index (χ0) is 13.8. The van der Waals surface area contributed by atoms with Crippen LogP contribution in [-0.2, 0) is 0 Å². The van der Waals surface area contributed by atoms with Crippen LogP contribution in [0, 0.1) is 0 Å². The number of hydrogen-bond acceptors (Lipinski definition) is 4. The molecule has 1 aromatic carbocycles. The second-order valence-electron chi connectivity index (χ2n) is 5.50. The van der Waals surface area contributed by atoms with Gasteiger partial charge in [0, 0.05) is 25.7 Å². The van der Waals surface area contributed by atoms with Crippen LogP contribution in [-0.4, -0.2) is 57.8 Å². The van der Waals surface area contributed by atoms with E-state index < -0.39 is 0 Å². The van der Waals surface area contributed by atoms with E-state index in [2.05, 4.69) is 48.3 Å². The van der Waals surface area contributed by atoms with Crippen molar-refractivity contribution in [3.05, 3.63) is 24.3 Å². The highest BCUT2D eigenvalue weighted by Crippen LogP contribution is 2.31. The predicted octanol–water partition coefficient (Wildman–Crippen LogP) is 1.42. The lowest BCUT2D eigenvalue weighted by atomic mass is 10.1. The second-order valence-corrected chi connectivity index (χ2v) is 5.50. The molecule has 19 heavy (non-hydrogen) atoms. The number of rotatable bonds is 4. The van der Waals surface area contributed by atoms with Gasteiger partial charge in [-0.25, -0.2) is 0 Å². The monoisotopic (exact) mass is 263 g/mol. The Morgan fingerprint density at radius 3 is 2.74 bits per heavy atom. The molecule has 0 radical (unpaired) electrons. The van der Waals surface area contributed by atoms with Crippen molar-refractivity contribution in [2.75, 3.05) is 45.7 Å². The number of methoxy groups -OCH3 is 1. The van der Waals surface area contributed by atoms with Crippen molar-refractivity contribution in [1.82, 2.24) is 10.2 Å². The number of likely N-dealkylation sites (N-methyl/N-ethyl adjacent to an activating group) is 1. The van der Waals surface area contributed by atoms with Gasteiger partial charge in [-0.05, 0) is 33.2 Å². The third kappa shape index (κ3) is 3.19. The first-order valence-electron chi connectivity index (χ1n) is 6.90. The molecule has 1 N–H and O–H groups in total. The molecule has 2 rings (SSSR count). The minimum atomic E-state index is 0.468. The van der Waals surface area contributed by atoms with Gasteiger partial charge < -0.3 is 19.9 Å². The van der Waals surface area contributed by atoms with Crippen LogP contribution in [0.4, 0.5) is 5.69 Å². The van der Waals surface area contributed by atoms with E-state index in [-0.39, 0.29) is 0 Å². The van der Waals surface area contributed by atoms with E-state index in [1.807, 2.05) is 12.1 Å². The van der Waals surface area contributed by atoms with Crippen molar-refractivity contribution in [3.8, 4) is 5.75 Å². The Bertz CT molecular complexity index is 408. The molecule has 0 bridgehead atoms. The summed E-state index contributed by atoms with van der Waals surface area (Å²) in [5, 5.41) is 3.52. The summed E-state index contributed by atoms with van der Waals surface area (Å²) in [7, 11) is 5.99. The van der Waals surface area contributed by atoms with Gasteiger partial charge in [-0.3, -0.25) is 0 Å². The van der Waals surface area contributed by atoms with Gasteiger partial charge in [-0.1, -0.05) is 12.1 Å². The van der Waals surface area contributed by atoms with Crippen molar-refractivity contribution < 1.29 is 4.74 Å². The summed E-state index contributed by atoms with van der Waals surface area (Å²) in [6, 6.07) is 9.24. The van der Waals surface area contributed by atoms with Gasteiger partial charge in [0.2, 0.25) is 0 Å². The molecule has 1 saturated heterocycles. The lowest BCUT2D eigenvalue weighted by Crippen LogP contribution is -2.59. The summed E-state index contributed by atoms with van der Waals surface area (Å²) in [5.41, 5.74) is 1.20. The van der Waals surface area contributed by atoms with Gasteiger partial charge in [0.15, 0.2) is 0 Å². The maximum absolute atomic E-state index is 5.52. The molecule has 0 aliphatic carbocycles. The SMILES string of the molecule is COc1ccccc1N1C(C)CNCC1CN(C)C. The molecule has 106 valence electrons. The van der Waals surface area contributed by atoms with Gasteiger partial charge in [0.05, 0.1) is 18.8 Å². The fraction of sp³-hybridized carbons (Fsp3) is 0.600. The second kappa shape index (κ2) is 6.26. The molecule has 4 heteroatoms. The maximum atomic E-state index is 5.52. The Kier molecular flexibility index (Phi) is 4.66. The zero-order valence-corrected chi connectivity index (χ0v) is 12.4. The number of hydrogen-bond donors (Lipinski definition) is 1. The minimum Gasteiger partial charge on any atom is -0.495 e. The van der Waals surface area contributed by atoms with Crippen LogP contribution < -0.4 is 15.0 Å². The summed E-state index contributed by atoms with van der Waals surface area (Å²) < 4.78 is 5.52. The Morgan fingerprint density at radius 1 is 1.32 bits per heavy atom. The summed E-state index contributed by atoms with van der Waals surface area (Å²) in [4.78, 5) is 4.74. The zero-order valence-electron chi connectivity index (χ0n) is 12.4. The maximum Gasteiger partial charge on any atom is 0.142 e. The quantitative estimate of drug-likeness (QED) is 0.889. The molecule has 1 heterocycles. The average Bonchev–Trinajstić information content (AvgIpc) is 2.38. The lowest BCUT2D eigenvalue weighted by molar-refractivity contribution is 0.313. The van der Waals surface area contributed by atoms with Crippen molar-refractivity contribution in [2.45, 2.75) is 19.0 Å². The molecule has 1 aliphatic rings. The van der Waals surface area contributed by atoms with E-state index in [9.17, 15) is 0 Å². The molecule has 2 atom stereocenters. The van der Waals surface area contributed by atoms with Gasteiger partial charge >= 0.3 is 0 Å². The van der Waals surface area contributed by atoms with E-state index in [0.717, 1.165) is 25.4 Å². The minimum absolute atomic E-state index is 0.468. The van der Waals surface area contributed by atoms with Crippen LogP contribution in [0.2, 0.25) is 0 Å². The molecule has 1 aliphatic heterocycles. The molecule has 4 nitrogen and oxygen atoms in total. The molecule has 1 fully saturated rings. The summed E-state index contributed by atoms with van der Waals surface area (Å²) in [6.07, 6.45) is 0. The highest BCUT2D eigenvalue weighted by Gasteiger charge is 2.29. The Morgan fingerprint density at radius 2 is 2.05 bits per heavy atom. The Hall–Kier alpha value is -1.26. The molecule has 1 aromatic rings. The highest BCUT2D eigenvalue weighted by molar-refractivity contribution is 5.60. The van der Waals surface area contributed by atoms with E-state index >= 15 is 0 Å². The summed E-state index contributed by atoms with van der Waals surface area (Å²) >= 11 is 0. The van der Waals surface area contributed by atoms with Gasteiger partial charge in [0.25, 0.3) is 0 Å². The van der Waals surface area contributed by atoms with Crippen molar-refractivity contribution in [3.63, 3.8) is 0 Å². The van der Waals surface area contributed by atoms with Crippen LogP contribution in [0.3, 0.4) is 0 Å². The number of nitrogens with zero attached hydrogens (tertiary/aromatic N) is 2. The van der Waals surface area contributed by atoms with Crippen molar-refractivity contribution >= 4 is 5.69 Å². The fourth-order valence-corrected chi connectivity index (χ4v) is 2.87. The van der Waals surface area contributed by atoms with Gasteiger partial charge in [-0.2, -0.15) is 0 Å². The molecule has 0 spiro atoms. The lowest BCUT2D eigenvalue weighted by Gasteiger charge is -2.44. The van der Waals surface area contributed by atoms with Crippen molar-refractivity contribution in [1.29, 1.82) is 0 Å². The summed E-state index contributed by atoms with van der Waals surface area (Å²) in [5.74, 6) is 0.958. The van der Waals surface area contributed by atoms with Crippen LogP contribution in [0.15, 0.2) is 24.3 Å². The normalized spacial score (nSPS) is 23.7. The average molecular weight is 263 g/mol. The largest absolute Gasteiger partial charge is 0.495 e. The van der Waals surface area contributed by atoms with E-state index in [1.165, 1.54) is 5.69 Å². The molecule has 0 aromatic heterocycles. The number of para-hydroxylation sites is 2.